The van der Waals surface area contributed by atoms with Crippen LogP contribution in [-0.2, 0) is 20.1 Å². The second-order valence-corrected chi connectivity index (χ2v) is 7.39. The standard InChI is InChI=1S/C20H17ClF2N6/c1-27-16-5-3-2-4-15(16)26-19(27)13-8-17(24-10-14(13)21)28-6-7-29-12(11-28)9-25-20(29)18(22)23/h2-5,8-10,18H,6-7,11H2,1H3. The fraction of sp³-hybridized carbons (Fsp3) is 0.250. The largest absolute Gasteiger partial charge is 0.349 e. The number of aryl methyl sites for hydroxylation is 1. The van der Waals surface area contributed by atoms with Gasteiger partial charge in [0.15, 0.2) is 5.82 Å². The highest BCUT2D eigenvalue weighted by molar-refractivity contribution is 6.33. The van der Waals surface area contributed by atoms with E-state index >= 15 is 0 Å². The molecule has 3 aromatic heterocycles. The number of pyridine rings is 1. The topological polar surface area (TPSA) is 51.8 Å². The molecule has 9 heteroatoms. The van der Waals surface area contributed by atoms with Crippen LogP contribution in [0.3, 0.4) is 0 Å². The van der Waals surface area contributed by atoms with Crippen molar-refractivity contribution in [2.24, 2.45) is 7.05 Å². The molecule has 0 unspecified atom stereocenters. The Labute approximate surface area is 170 Å². The van der Waals surface area contributed by atoms with Crippen molar-refractivity contribution in [2.75, 3.05) is 11.4 Å². The van der Waals surface area contributed by atoms with Crippen LogP contribution >= 0.6 is 11.6 Å². The normalized spacial score (nSPS) is 14.0. The Morgan fingerprint density at radius 2 is 1.93 bits per heavy atom. The zero-order chi connectivity index (χ0) is 20.1. The number of hydrogen-bond acceptors (Lipinski definition) is 4. The van der Waals surface area contributed by atoms with Crippen molar-refractivity contribution in [3.63, 3.8) is 0 Å². The number of rotatable bonds is 3. The van der Waals surface area contributed by atoms with Crippen LogP contribution in [0.1, 0.15) is 17.9 Å². The third-order valence-corrected chi connectivity index (χ3v) is 5.60. The van der Waals surface area contributed by atoms with Gasteiger partial charge in [-0.15, -0.1) is 0 Å². The summed E-state index contributed by atoms with van der Waals surface area (Å²) in [5.74, 6) is 1.30. The number of para-hydroxylation sites is 2. The minimum atomic E-state index is -2.58. The molecule has 4 aromatic rings. The van der Waals surface area contributed by atoms with E-state index in [-0.39, 0.29) is 5.82 Å². The highest BCUT2D eigenvalue weighted by Crippen LogP contribution is 2.33. The van der Waals surface area contributed by atoms with Gasteiger partial charge >= 0.3 is 0 Å². The first-order chi connectivity index (χ1) is 14.0. The minimum absolute atomic E-state index is 0.177. The number of aromatic nitrogens is 5. The number of halogens is 3. The molecule has 1 aliphatic rings. The lowest BCUT2D eigenvalue weighted by Gasteiger charge is -2.30. The van der Waals surface area contributed by atoms with Crippen molar-refractivity contribution in [1.29, 1.82) is 0 Å². The fourth-order valence-electron chi connectivity index (χ4n) is 3.83. The molecule has 0 atom stereocenters. The molecule has 1 aliphatic heterocycles. The van der Waals surface area contributed by atoms with Gasteiger partial charge in [0.1, 0.15) is 11.6 Å². The predicted octanol–water partition coefficient (Wildman–Crippen LogP) is 4.44. The maximum atomic E-state index is 13.1. The summed E-state index contributed by atoms with van der Waals surface area (Å²) in [4.78, 5) is 15.1. The number of nitrogens with zero attached hydrogens (tertiary/aromatic N) is 6. The molecular formula is C20H17ClF2N6. The maximum absolute atomic E-state index is 13.1. The highest BCUT2D eigenvalue weighted by atomic mass is 35.5. The van der Waals surface area contributed by atoms with Crippen molar-refractivity contribution in [2.45, 2.75) is 19.5 Å². The van der Waals surface area contributed by atoms with Gasteiger partial charge in [-0.2, -0.15) is 0 Å². The maximum Gasteiger partial charge on any atom is 0.295 e. The molecule has 4 heterocycles. The molecule has 6 nitrogen and oxygen atoms in total. The van der Waals surface area contributed by atoms with E-state index in [2.05, 4.69) is 9.97 Å². The van der Waals surface area contributed by atoms with Crippen LogP contribution in [0.4, 0.5) is 14.6 Å². The highest BCUT2D eigenvalue weighted by Gasteiger charge is 2.25. The average molecular weight is 415 g/mol. The van der Waals surface area contributed by atoms with Gasteiger partial charge in [-0.05, 0) is 18.2 Å². The van der Waals surface area contributed by atoms with Gasteiger partial charge in [-0.25, -0.2) is 23.7 Å². The number of alkyl halides is 2. The van der Waals surface area contributed by atoms with E-state index in [0.717, 1.165) is 33.9 Å². The van der Waals surface area contributed by atoms with Crippen LogP contribution in [0.2, 0.25) is 5.02 Å². The van der Waals surface area contributed by atoms with Crippen molar-refractivity contribution in [3.05, 3.63) is 59.3 Å². The lowest BCUT2D eigenvalue weighted by molar-refractivity contribution is 0.134. The Kier molecular flexibility index (Phi) is 4.24. The zero-order valence-corrected chi connectivity index (χ0v) is 16.3. The summed E-state index contributed by atoms with van der Waals surface area (Å²) in [6.07, 6.45) is 0.547. The molecule has 29 heavy (non-hydrogen) atoms. The average Bonchev–Trinajstić information content (AvgIpc) is 3.29. The molecule has 148 valence electrons. The van der Waals surface area contributed by atoms with Gasteiger partial charge in [0.25, 0.3) is 6.43 Å². The minimum Gasteiger partial charge on any atom is -0.349 e. The lowest BCUT2D eigenvalue weighted by Crippen LogP contribution is -2.34. The molecule has 0 spiro atoms. The van der Waals surface area contributed by atoms with Gasteiger partial charge in [-0.3, -0.25) is 0 Å². The molecule has 0 saturated carbocycles. The van der Waals surface area contributed by atoms with Gasteiger partial charge in [0, 0.05) is 31.9 Å². The number of hydrogen-bond donors (Lipinski definition) is 0. The van der Waals surface area contributed by atoms with Crippen LogP contribution in [0.5, 0.6) is 0 Å². The van der Waals surface area contributed by atoms with E-state index in [1.807, 2.05) is 46.8 Å². The molecule has 0 bridgehead atoms. The molecule has 0 saturated heterocycles. The summed E-state index contributed by atoms with van der Waals surface area (Å²) in [5, 5.41) is 0.509. The van der Waals surface area contributed by atoms with Gasteiger partial charge in [0.2, 0.25) is 0 Å². The summed E-state index contributed by atoms with van der Waals surface area (Å²) in [7, 11) is 1.95. The van der Waals surface area contributed by atoms with E-state index in [1.165, 1.54) is 6.20 Å². The Morgan fingerprint density at radius 1 is 1.10 bits per heavy atom. The SMILES string of the molecule is Cn1c(-c2cc(N3CCn4c(cnc4C(F)F)C3)ncc2Cl)nc2ccccc21. The Morgan fingerprint density at radius 3 is 2.72 bits per heavy atom. The van der Waals surface area contributed by atoms with Crippen molar-refractivity contribution in [3.8, 4) is 11.4 Å². The molecule has 0 aliphatic carbocycles. The summed E-state index contributed by atoms with van der Waals surface area (Å²) in [5.41, 5.74) is 3.43. The van der Waals surface area contributed by atoms with Crippen molar-refractivity contribution in [1.82, 2.24) is 24.1 Å². The summed E-state index contributed by atoms with van der Waals surface area (Å²) in [6.45, 7) is 1.44. The number of fused-ring (bicyclic) bond motifs is 2. The molecule has 0 amide bonds. The van der Waals surface area contributed by atoms with Gasteiger partial charge in [-0.1, -0.05) is 23.7 Å². The number of anilines is 1. The Balaban J connectivity index is 1.52. The fourth-order valence-corrected chi connectivity index (χ4v) is 4.02. The zero-order valence-electron chi connectivity index (χ0n) is 15.6. The predicted molar refractivity (Wildman–Crippen MR) is 107 cm³/mol. The van der Waals surface area contributed by atoms with Crippen molar-refractivity contribution >= 4 is 28.5 Å². The van der Waals surface area contributed by atoms with Gasteiger partial charge < -0.3 is 14.0 Å². The van der Waals surface area contributed by atoms with Crippen LogP contribution < -0.4 is 4.90 Å². The summed E-state index contributed by atoms with van der Waals surface area (Å²) >= 11 is 6.46. The van der Waals surface area contributed by atoms with E-state index in [9.17, 15) is 8.78 Å². The molecular weight excluding hydrogens is 398 g/mol. The van der Waals surface area contributed by atoms with Crippen LogP contribution in [0, 0.1) is 0 Å². The third kappa shape index (κ3) is 2.95. The monoisotopic (exact) mass is 414 g/mol. The molecule has 5 rings (SSSR count). The van der Waals surface area contributed by atoms with E-state index in [4.69, 9.17) is 16.6 Å². The number of benzene rings is 1. The molecule has 0 N–H and O–H groups in total. The van der Waals surface area contributed by atoms with Crippen molar-refractivity contribution < 1.29 is 8.78 Å². The first-order valence-corrected chi connectivity index (χ1v) is 9.55. The van der Waals surface area contributed by atoms with Crippen LogP contribution in [0.25, 0.3) is 22.4 Å². The Hall–Kier alpha value is -3.00. The van der Waals surface area contributed by atoms with Crippen LogP contribution in [0.15, 0.2) is 42.7 Å². The first-order valence-electron chi connectivity index (χ1n) is 9.17. The second-order valence-electron chi connectivity index (χ2n) is 6.99. The summed E-state index contributed by atoms with van der Waals surface area (Å²) in [6, 6.07) is 9.79. The van der Waals surface area contributed by atoms with E-state index in [0.29, 0.717) is 24.7 Å². The lowest BCUT2D eigenvalue weighted by atomic mass is 10.2. The van der Waals surface area contributed by atoms with E-state index in [1.54, 1.807) is 10.8 Å². The van der Waals surface area contributed by atoms with Gasteiger partial charge in [0.05, 0.1) is 34.5 Å². The molecule has 1 aromatic carbocycles. The first kappa shape index (κ1) is 18.1. The quantitative estimate of drug-likeness (QED) is 0.497. The third-order valence-electron chi connectivity index (χ3n) is 5.30. The summed E-state index contributed by atoms with van der Waals surface area (Å²) < 4.78 is 29.8. The molecule has 0 radical (unpaired) electrons. The van der Waals surface area contributed by atoms with E-state index < -0.39 is 6.43 Å². The Bertz CT molecular complexity index is 1220. The second kappa shape index (κ2) is 6.81. The molecule has 0 fully saturated rings. The smallest absolute Gasteiger partial charge is 0.295 e. The van der Waals surface area contributed by atoms with Crippen LogP contribution in [-0.4, -0.2) is 30.6 Å². The number of imidazole rings is 2.